The number of Topliss-reactive ketones (excluding diaryl/α,β-unsaturated/α-hetero) is 1. The quantitative estimate of drug-likeness (QED) is 0.101. The van der Waals surface area contributed by atoms with E-state index in [1.165, 1.54) is 47.9 Å². The van der Waals surface area contributed by atoms with E-state index in [1.807, 2.05) is 6.92 Å². The van der Waals surface area contributed by atoms with Crippen molar-refractivity contribution >= 4 is 57.5 Å². The van der Waals surface area contributed by atoms with Gasteiger partial charge in [0.1, 0.15) is 9.75 Å². The molecule has 3 amide bonds. The zero-order valence-electron chi connectivity index (χ0n) is 26.7. The number of thiazole rings is 3. The fourth-order valence-electron chi connectivity index (χ4n) is 4.89. The Morgan fingerprint density at radius 2 is 1.22 bits per heavy atom. The second kappa shape index (κ2) is 17.0. The zero-order valence-corrected chi connectivity index (χ0v) is 29.2. The van der Waals surface area contributed by atoms with Gasteiger partial charge in [0.25, 0.3) is 11.8 Å². The first kappa shape index (κ1) is 36.4. The van der Waals surface area contributed by atoms with E-state index >= 15 is 0 Å². The molecule has 0 aliphatic heterocycles. The molecule has 15 heteroatoms. The van der Waals surface area contributed by atoms with Crippen LogP contribution in [0, 0.1) is 13.8 Å². The Labute approximate surface area is 276 Å². The third kappa shape index (κ3) is 9.94. The van der Waals surface area contributed by atoms with Gasteiger partial charge in [-0.15, -0.1) is 34.0 Å². The average molecular weight is 677 g/mol. The van der Waals surface area contributed by atoms with E-state index in [9.17, 15) is 19.2 Å². The van der Waals surface area contributed by atoms with Gasteiger partial charge in [-0.1, -0.05) is 0 Å². The second-order valence-corrected chi connectivity index (χ2v) is 14.4. The first-order valence-corrected chi connectivity index (χ1v) is 17.5. The van der Waals surface area contributed by atoms with Gasteiger partial charge in [-0.2, -0.15) is 0 Å². The van der Waals surface area contributed by atoms with E-state index in [2.05, 4.69) is 20.9 Å². The summed E-state index contributed by atoms with van der Waals surface area (Å²) < 4.78 is 0. The van der Waals surface area contributed by atoms with Crippen LogP contribution in [-0.2, 0) is 11.2 Å². The summed E-state index contributed by atoms with van der Waals surface area (Å²) in [5, 5.41) is 11.1. The van der Waals surface area contributed by atoms with Crippen molar-refractivity contribution in [3.63, 3.8) is 0 Å². The molecule has 3 aromatic rings. The van der Waals surface area contributed by atoms with Crippen LogP contribution >= 0.6 is 34.0 Å². The van der Waals surface area contributed by atoms with Crippen LogP contribution in [0.1, 0.15) is 139 Å². The smallest absolute Gasteiger partial charge is 0.263 e. The van der Waals surface area contributed by atoms with Crippen molar-refractivity contribution in [1.82, 2.24) is 30.9 Å². The predicted octanol–water partition coefficient (Wildman–Crippen LogP) is 4.45. The maximum absolute atomic E-state index is 13.8. The molecule has 3 rings (SSSR count). The lowest BCUT2D eigenvalue weighted by Crippen LogP contribution is -2.33. The second-order valence-electron chi connectivity index (χ2n) is 10.9. The lowest BCUT2D eigenvalue weighted by atomic mass is 10.0. The Bertz CT molecular complexity index is 1500. The van der Waals surface area contributed by atoms with Crippen LogP contribution < -0.4 is 27.4 Å². The zero-order chi connectivity index (χ0) is 33.3. The standard InChI is InChI=1S/C30H44N8O4S3/c1-15(33-18(4)40)24-27(43-19(5)35-24)30(42)37-21(11-7-9-13-31)25-28(44-20(6)36-25)29(41)34-16(2)23-26(17(3)39)45-22(38-23)12-8-10-14-32/h15-16,21H,7-14,31-32H2,1-6H3,(H,33,40)(H,34,41)(H,37,42)/t15-,16-,21-/m0/s1. The number of nitrogens with two attached hydrogens (primary N) is 2. The monoisotopic (exact) mass is 676 g/mol. The number of hydrogen-bond acceptors (Lipinski definition) is 12. The van der Waals surface area contributed by atoms with Crippen LogP contribution in [0.3, 0.4) is 0 Å². The highest BCUT2D eigenvalue weighted by atomic mass is 32.1. The Morgan fingerprint density at radius 1 is 0.689 bits per heavy atom. The lowest BCUT2D eigenvalue weighted by molar-refractivity contribution is -0.119. The summed E-state index contributed by atoms with van der Waals surface area (Å²) in [6.07, 6.45) is 4.42. The molecular weight excluding hydrogens is 633 g/mol. The summed E-state index contributed by atoms with van der Waals surface area (Å²) in [5.74, 6) is -1.04. The number of aryl methyl sites for hydroxylation is 3. The Balaban J connectivity index is 1.89. The van der Waals surface area contributed by atoms with E-state index < -0.39 is 18.1 Å². The van der Waals surface area contributed by atoms with Gasteiger partial charge < -0.3 is 27.4 Å². The molecule has 246 valence electrons. The summed E-state index contributed by atoms with van der Waals surface area (Å²) in [6, 6.07) is -1.56. The van der Waals surface area contributed by atoms with Gasteiger partial charge in [0.15, 0.2) is 5.78 Å². The molecule has 0 fully saturated rings. The summed E-state index contributed by atoms with van der Waals surface area (Å²) in [7, 11) is 0. The SMILES string of the molecule is CC(=O)N[C@@H](C)c1nc(C)sc1C(=O)N[C@@H](CCCCN)c1nc(C)sc1C(=O)N[C@@H](C)c1nc(CCCCN)sc1C(C)=O. The maximum Gasteiger partial charge on any atom is 0.263 e. The van der Waals surface area contributed by atoms with Gasteiger partial charge >= 0.3 is 0 Å². The third-order valence-electron chi connectivity index (χ3n) is 6.97. The molecule has 0 aliphatic rings. The molecule has 0 spiro atoms. The van der Waals surface area contributed by atoms with E-state index in [1.54, 1.807) is 20.8 Å². The van der Waals surface area contributed by atoms with Gasteiger partial charge in [-0.25, -0.2) is 15.0 Å². The van der Waals surface area contributed by atoms with Gasteiger partial charge in [0.05, 0.1) is 55.1 Å². The molecule has 3 aromatic heterocycles. The van der Waals surface area contributed by atoms with Crippen molar-refractivity contribution in [1.29, 1.82) is 0 Å². The molecule has 3 atom stereocenters. The Kier molecular flexibility index (Phi) is 13.7. The predicted molar refractivity (Wildman–Crippen MR) is 179 cm³/mol. The van der Waals surface area contributed by atoms with Crippen LogP contribution in [0.2, 0.25) is 0 Å². The third-order valence-corrected chi connectivity index (χ3v) is 10.2. The minimum absolute atomic E-state index is 0.101. The van der Waals surface area contributed by atoms with Crippen LogP contribution in [0.25, 0.3) is 0 Å². The molecule has 7 N–H and O–H groups in total. The number of amides is 3. The van der Waals surface area contributed by atoms with E-state index in [0.717, 1.165) is 30.7 Å². The molecule has 12 nitrogen and oxygen atoms in total. The number of carbonyl (C=O) groups is 4. The molecule has 0 saturated carbocycles. The van der Waals surface area contributed by atoms with E-state index in [4.69, 9.17) is 21.4 Å². The van der Waals surface area contributed by atoms with Gasteiger partial charge in [-0.05, 0) is 79.3 Å². The van der Waals surface area contributed by atoms with Crippen molar-refractivity contribution in [2.24, 2.45) is 11.5 Å². The molecule has 3 heterocycles. The first-order chi connectivity index (χ1) is 21.4. The highest BCUT2D eigenvalue weighted by Gasteiger charge is 2.30. The van der Waals surface area contributed by atoms with Crippen molar-refractivity contribution in [3.8, 4) is 0 Å². The Morgan fingerprint density at radius 3 is 1.82 bits per heavy atom. The van der Waals surface area contributed by atoms with Crippen LogP contribution in [-0.4, -0.2) is 51.5 Å². The number of hydrogen-bond donors (Lipinski definition) is 5. The average Bonchev–Trinajstić information content (AvgIpc) is 3.69. The number of carbonyl (C=O) groups excluding carboxylic acids is 4. The topological polar surface area (TPSA) is 195 Å². The van der Waals surface area contributed by atoms with E-state index in [0.29, 0.717) is 67.7 Å². The van der Waals surface area contributed by atoms with Crippen LogP contribution in [0.4, 0.5) is 0 Å². The minimum atomic E-state index is -0.572. The van der Waals surface area contributed by atoms with E-state index in [-0.39, 0.29) is 23.5 Å². The number of aromatic nitrogens is 3. The molecule has 0 radical (unpaired) electrons. The molecule has 0 aromatic carbocycles. The van der Waals surface area contributed by atoms with Gasteiger partial charge in [-0.3, -0.25) is 19.2 Å². The Hall–Kier alpha value is -3.11. The maximum atomic E-state index is 13.8. The molecular formula is C30H44N8O4S3. The number of ketones is 1. The fraction of sp³-hybridized carbons (Fsp3) is 0.567. The summed E-state index contributed by atoms with van der Waals surface area (Å²) >= 11 is 3.85. The number of unbranched alkanes of at least 4 members (excludes halogenated alkanes) is 2. The van der Waals surface area contributed by atoms with Crippen molar-refractivity contribution in [3.05, 3.63) is 46.7 Å². The highest BCUT2D eigenvalue weighted by Crippen LogP contribution is 2.31. The largest absolute Gasteiger partial charge is 0.348 e. The molecule has 0 saturated heterocycles. The number of rotatable bonds is 17. The molecule has 0 unspecified atom stereocenters. The summed E-state index contributed by atoms with van der Waals surface area (Å²) in [6.45, 7) is 11.2. The fourth-order valence-corrected chi connectivity index (χ4v) is 7.79. The summed E-state index contributed by atoms with van der Waals surface area (Å²) in [4.78, 5) is 66.8. The van der Waals surface area contributed by atoms with Crippen molar-refractivity contribution in [2.45, 2.75) is 98.2 Å². The molecule has 0 bridgehead atoms. The highest BCUT2D eigenvalue weighted by molar-refractivity contribution is 7.14. The van der Waals surface area contributed by atoms with Crippen LogP contribution in [0.15, 0.2) is 0 Å². The molecule has 0 aliphatic carbocycles. The normalized spacial score (nSPS) is 13.2. The number of nitrogens with zero attached hydrogens (tertiary/aromatic N) is 3. The minimum Gasteiger partial charge on any atom is -0.348 e. The van der Waals surface area contributed by atoms with Gasteiger partial charge in [0.2, 0.25) is 5.91 Å². The lowest BCUT2D eigenvalue weighted by Gasteiger charge is -2.20. The van der Waals surface area contributed by atoms with Crippen molar-refractivity contribution < 1.29 is 19.2 Å². The van der Waals surface area contributed by atoms with Gasteiger partial charge in [0, 0.05) is 13.8 Å². The van der Waals surface area contributed by atoms with Crippen LogP contribution in [0.5, 0.6) is 0 Å². The van der Waals surface area contributed by atoms with Crippen molar-refractivity contribution in [2.75, 3.05) is 13.1 Å². The molecule has 45 heavy (non-hydrogen) atoms. The number of nitrogens with one attached hydrogen (secondary N) is 3. The summed E-state index contributed by atoms with van der Waals surface area (Å²) in [5.41, 5.74) is 12.9. The first-order valence-electron chi connectivity index (χ1n) is 15.1.